The predicted molar refractivity (Wildman–Crippen MR) is 103 cm³/mol. The lowest BCUT2D eigenvalue weighted by Crippen LogP contribution is -2.52. The second-order valence-electron chi connectivity index (χ2n) is 7.02. The molecule has 1 saturated heterocycles. The average Bonchev–Trinajstić information content (AvgIpc) is 2.69. The number of nitrogens with zero attached hydrogens (tertiary/aromatic N) is 2. The van der Waals surface area contributed by atoms with E-state index in [1.807, 2.05) is 36.9 Å². The summed E-state index contributed by atoms with van der Waals surface area (Å²) in [6.45, 7) is 8.29. The highest BCUT2D eigenvalue weighted by atomic mass is 16.2. The highest BCUT2D eigenvalue weighted by Crippen LogP contribution is 2.24. The predicted octanol–water partition coefficient (Wildman–Crippen LogP) is 1.21. The Bertz CT molecular complexity index is 570. The van der Waals surface area contributed by atoms with Crippen molar-refractivity contribution < 1.29 is 9.59 Å². The van der Waals surface area contributed by atoms with Gasteiger partial charge in [0.15, 0.2) is 0 Å². The molecule has 0 atom stereocenters. The van der Waals surface area contributed by atoms with E-state index in [0.717, 1.165) is 19.6 Å². The van der Waals surface area contributed by atoms with Gasteiger partial charge in [0.1, 0.15) is 0 Å². The number of piperazine rings is 1. The van der Waals surface area contributed by atoms with Gasteiger partial charge in [-0.2, -0.15) is 0 Å². The van der Waals surface area contributed by atoms with Crippen molar-refractivity contribution in [1.29, 1.82) is 0 Å². The summed E-state index contributed by atoms with van der Waals surface area (Å²) in [5.74, 6) is -0.128. The van der Waals surface area contributed by atoms with Crippen LogP contribution in [0.5, 0.6) is 0 Å². The topological polar surface area (TPSA) is 78.7 Å². The van der Waals surface area contributed by atoms with E-state index in [2.05, 4.69) is 22.3 Å². The minimum atomic E-state index is -0.561. The molecule has 0 saturated carbocycles. The van der Waals surface area contributed by atoms with Crippen LogP contribution >= 0.6 is 0 Å². The SMILES string of the molecule is CCC(CC)(CN)C(=O)NCC(=O)N1CCN(Cc2ccccc2)CC1. The van der Waals surface area contributed by atoms with Gasteiger partial charge < -0.3 is 16.0 Å². The van der Waals surface area contributed by atoms with Crippen molar-refractivity contribution in [3.63, 3.8) is 0 Å². The Labute approximate surface area is 156 Å². The Balaban J connectivity index is 1.77. The van der Waals surface area contributed by atoms with Crippen molar-refractivity contribution in [1.82, 2.24) is 15.1 Å². The molecule has 2 rings (SSSR count). The first-order valence-electron chi connectivity index (χ1n) is 9.57. The van der Waals surface area contributed by atoms with Gasteiger partial charge in [0.05, 0.1) is 12.0 Å². The molecule has 0 spiro atoms. The Morgan fingerprint density at radius 3 is 2.23 bits per heavy atom. The summed E-state index contributed by atoms with van der Waals surface area (Å²) in [4.78, 5) is 29.0. The van der Waals surface area contributed by atoms with Gasteiger partial charge in [0, 0.05) is 39.3 Å². The van der Waals surface area contributed by atoms with Crippen LogP contribution in [0.4, 0.5) is 0 Å². The first-order chi connectivity index (χ1) is 12.5. The normalized spacial score (nSPS) is 15.7. The van der Waals surface area contributed by atoms with E-state index in [9.17, 15) is 9.59 Å². The maximum absolute atomic E-state index is 12.4. The minimum Gasteiger partial charge on any atom is -0.347 e. The number of amides is 2. The quantitative estimate of drug-likeness (QED) is 0.730. The number of hydrogen-bond acceptors (Lipinski definition) is 4. The van der Waals surface area contributed by atoms with Gasteiger partial charge in [-0.1, -0.05) is 44.2 Å². The van der Waals surface area contributed by atoms with Crippen molar-refractivity contribution in [2.24, 2.45) is 11.1 Å². The Morgan fingerprint density at radius 1 is 1.08 bits per heavy atom. The third-order valence-corrected chi connectivity index (χ3v) is 5.60. The Morgan fingerprint density at radius 2 is 1.69 bits per heavy atom. The molecule has 1 aliphatic heterocycles. The van der Waals surface area contributed by atoms with E-state index < -0.39 is 5.41 Å². The van der Waals surface area contributed by atoms with Crippen molar-refractivity contribution >= 4 is 11.8 Å². The van der Waals surface area contributed by atoms with Gasteiger partial charge >= 0.3 is 0 Å². The summed E-state index contributed by atoms with van der Waals surface area (Å²) in [7, 11) is 0. The fourth-order valence-corrected chi connectivity index (χ4v) is 3.40. The van der Waals surface area contributed by atoms with Gasteiger partial charge in [-0.05, 0) is 18.4 Å². The molecule has 6 heteroatoms. The van der Waals surface area contributed by atoms with Crippen LogP contribution in [-0.2, 0) is 16.1 Å². The van der Waals surface area contributed by atoms with Crippen LogP contribution in [0.2, 0.25) is 0 Å². The molecule has 2 amide bonds. The molecule has 0 aliphatic carbocycles. The second kappa shape index (κ2) is 9.69. The van der Waals surface area contributed by atoms with Crippen LogP contribution in [0.25, 0.3) is 0 Å². The monoisotopic (exact) mass is 360 g/mol. The third kappa shape index (κ3) is 5.05. The molecule has 0 unspecified atom stereocenters. The molecule has 144 valence electrons. The van der Waals surface area contributed by atoms with E-state index in [1.54, 1.807) is 0 Å². The number of nitrogens with one attached hydrogen (secondary N) is 1. The van der Waals surface area contributed by atoms with Crippen LogP contribution in [0.1, 0.15) is 32.3 Å². The molecule has 1 aromatic rings. The maximum atomic E-state index is 12.4. The van der Waals surface area contributed by atoms with E-state index in [-0.39, 0.29) is 18.4 Å². The first kappa shape index (κ1) is 20.4. The molecule has 0 aromatic heterocycles. The van der Waals surface area contributed by atoms with Gasteiger partial charge in [-0.25, -0.2) is 0 Å². The van der Waals surface area contributed by atoms with Crippen molar-refractivity contribution in [2.75, 3.05) is 39.3 Å². The second-order valence-corrected chi connectivity index (χ2v) is 7.02. The molecule has 0 radical (unpaired) electrons. The lowest BCUT2D eigenvalue weighted by Gasteiger charge is -2.35. The number of nitrogens with two attached hydrogens (primary N) is 1. The number of hydrogen-bond donors (Lipinski definition) is 2. The fourth-order valence-electron chi connectivity index (χ4n) is 3.40. The standard InChI is InChI=1S/C20H32N4O2/c1-3-20(4-2,16-21)19(26)22-14-18(25)24-12-10-23(11-13-24)15-17-8-6-5-7-9-17/h5-9H,3-4,10-16,21H2,1-2H3,(H,22,26). The molecular formula is C20H32N4O2. The zero-order valence-electron chi connectivity index (χ0n) is 16.0. The van der Waals surface area contributed by atoms with Crippen LogP contribution < -0.4 is 11.1 Å². The van der Waals surface area contributed by atoms with E-state index in [0.29, 0.717) is 32.5 Å². The molecule has 1 aliphatic rings. The largest absolute Gasteiger partial charge is 0.347 e. The van der Waals surface area contributed by atoms with E-state index in [1.165, 1.54) is 5.56 Å². The lowest BCUT2D eigenvalue weighted by molar-refractivity contribution is -0.137. The molecule has 3 N–H and O–H groups in total. The number of rotatable bonds is 8. The number of carbonyl (C=O) groups is 2. The van der Waals surface area contributed by atoms with E-state index >= 15 is 0 Å². The van der Waals surface area contributed by atoms with Crippen LogP contribution in [-0.4, -0.2) is 60.9 Å². The smallest absolute Gasteiger partial charge is 0.242 e. The highest BCUT2D eigenvalue weighted by Gasteiger charge is 2.33. The lowest BCUT2D eigenvalue weighted by atomic mass is 9.81. The first-order valence-corrected chi connectivity index (χ1v) is 9.57. The van der Waals surface area contributed by atoms with Gasteiger partial charge in [-0.15, -0.1) is 0 Å². The summed E-state index contributed by atoms with van der Waals surface area (Å²) in [6.07, 6.45) is 1.36. The molecule has 1 heterocycles. The summed E-state index contributed by atoms with van der Waals surface area (Å²) < 4.78 is 0. The maximum Gasteiger partial charge on any atom is 0.242 e. The summed E-state index contributed by atoms with van der Waals surface area (Å²) in [5, 5.41) is 2.80. The summed E-state index contributed by atoms with van der Waals surface area (Å²) in [6, 6.07) is 10.4. The molecule has 26 heavy (non-hydrogen) atoms. The molecule has 0 bridgehead atoms. The number of benzene rings is 1. The van der Waals surface area contributed by atoms with Crippen LogP contribution in [0.3, 0.4) is 0 Å². The van der Waals surface area contributed by atoms with Crippen molar-refractivity contribution in [3.05, 3.63) is 35.9 Å². The highest BCUT2D eigenvalue weighted by molar-refractivity contribution is 5.88. The fraction of sp³-hybridized carbons (Fsp3) is 0.600. The summed E-state index contributed by atoms with van der Waals surface area (Å²) in [5.41, 5.74) is 6.52. The molecular weight excluding hydrogens is 328 g/mol. The average molecular weight is 361 g/mol. The Kier molecular flexibility index (Phi) is 7.60. The van der Waals surface area contributed by atoms with Crippen LogP contribution in [0.15, 0.2) is 30.3 Å². The molecule has 1 fully saturated rings. The van der Waals surface area contributed by atoms with Gasteiger partial charge in [0.2, 0.25) is 11.8 Å². The van der Waals surface area contributed by atoms with E-state index in [4.69, 9.17) is 5.73 Å². The van der Waals surface area contributed by atoms with Crippen LogP contribution in [0, 0.1) is 5.41 Å². The van der Waals surface area contributed by atoms with Gasteiger partial charge in [0.25, 0.3) is 0 Å². The Hall–Kier alpha value is -1.92. The van der Waals surface area contributed by atoms with Gasteiger partial charge in [-0.3, -0.25) is 14.5 Å². The molecule has 1 aromatic carbocycles. The third-order valence-electron chi connectivity index (χ3n) is 5.60. The summed E-state index contributed by atoms with van der Waals surface area (Å²) >= 11 is 0. The van der Waals surface area contributed by atoms with Crippen molar-refractivity contribution in [2.45, 2.75) is 33.2 Å². The zero-order chi connectivity index (χ0) is 19.0. The molecule has 6 nitrogen and oxygen atoms in total. The van der Waals surface area contributed by atoms with Crippen molar-refractivity contribution in [3.8, 4) is 0 Å². The zero-order valence-corrected chi connectivity index (χ0v) is 16.0. The minimum absolute atomic E-state index is 0.0177. The number of carbonyl (C=O) groups excluding carboxylic acids is 2.